The van der Waals surface area contributed by atoms with Gasteiger partial charge in [0.05, 0.1) is 0 Å². The van der Waals surface area contributed by atoms with E-state index in [9.17, 15) is 9.59 Å². The van der Waals surface area contributed by atoms with Crippen LogP contribution in [0.25, 0.3) is 0 Å². The second kappa shape index (κ2) is 4.81. The summed E-state index contributed by atoms with van der Waals surface area (Å²) in [5.74, 6) is -0.542. The molecule has 0 radical (unpaired) electrons. The predicted molar refractivity (Wildman–Crippen MR) is 45.8 cm³/mol. The lowest BCUT2D eigenvalue weighted by Gasteiger charge is -2.11. The molecule has 0 aromatic rings. The minimum Gasteiger partial charge on any atom is -0.370 e. The minimum atomic E-state index is -0.505. The van der Waals surface area contributed by atoms with Crippen molar-refractivity contribution >= 4 is 11.8 Å². The lowest BCUT2D eigenvalue weighted by Crippen LogP contribution is -2.34. The van der Waals surface area contributed by atoms with E-state index in [1.54, 1.807) is 0 Å². The van der Waals surface area contributed by atoms with Crippen LogP contribution in [0.1, 0.15) is 19.3 Å². The van der Waals surface area contributed by atoms with Crippen molar-refractivity contribution in [2.24, 2.45) is 5.73 Å². The van der Waals surface area contributed by atoms with Crippen molar-refractivity contribution in [1.82, 2.24) is 5.32 Å². The maximum atomic E-state index is 11.2. The first-order chi connectivity index (χ1) is 6.20. The fourth-order valence-corrected chi connectivity index (χ4v) is 1.19. The summed E-state index contributed by atoms with van der Waals surface area (Å²) < 4.78 is 5.25. The maximum absolute atomic E-state index is 11.2. The molecular weight excluding hydrogens is 172 g/mol. The van der Waals surface area contributed by atoms with Crippen LogP contribution in [0.2, 0.25) is 0 Å². The molecule has 1 saturated heterocycles. The highest BCUT2D eigenvalue weighted by Crippen LogP contribution is 2.05. The molecule has 0 aromatic carbocycles. The molecule has 1 fully saturated rings. The standard InChI is InChI=1S/C8H14N2O3/c9-7(11)3-2-6-8(12)10-4-1-5-13-6/h6H,1-5H2,(H2,9,11)(H,10,12)/t6-/m0/s1. The number of carbonyl (C=O) groups is 2. The summed E-state index contributed by atoms with van der Waals surface area (Å²) in [7, 11) is 0. The fourth-order valence-electron chi connectivity index (χ4n) is 1.19. The lowest BCUT2D eigenvalue weighted by atomic mass is 10.2. The largest absolute Gasteiger partial charge is 0.370 e. The summed E-state index contributed by atoms with van der Waals surface area (Å²) in [4.78, 5) is 21.7. The zero-order valence-corrected chi connectivity index (χ0v) is 7.41. The monoisotopic (exact) mass is 186 g/mol. The van der Waals surface area contributed by atoms with Crippen molar-refractivity contribution in [3.05, 3.63) is 0 Å². The highest BCUT2D eigenvalue weighted by molar-refractivity contribution is 5.82. The molecule has 1 aliphatic heterocycles. The Labute approximate surface area is 76.6 Å². The number of rotatable bonds is 3. The van der Waals surface area contributed by atoms with Crippen molar-refractivity contribution < 1.29 is 14.3 Å². The summed E-state index contributed by atoms with van der Waals surface area (Å²) in [6.45, 7) is 1.20. The van der Waals surface area contributed by atoms with Gasteiger partial charge in [-0.05, 0) is 12.8 Å². The van der Waals surface area contributed by atoms with Gasteiger partial charge in [0.1, 0.15) is 6.10 Å². The molecule has 0 aliphatic carbocycles. The molecule has 3 N–H and O–H groups in total. The van der Waals surface area contributed by atoms with Gasteiger partial charge < -0.3 is 15.8 Å². The van der Waals surface area contributed by atoms with Crippen LogP contribution in [0, 0.1) is 0 Å². The van der Waals surface area contributed by atoms with Crippen LogP contribution in [-0.2, 0) is 14.3 Å². The average Bonchev–Trinajstić information content (AvgIpc) is 2.27. The van der Waals surface area contributed by atoms with Gasteiger partial charge in [-0.1, -0.05) is 0 Å². The Kier molecular flexibility index (Phi) is 3.70. The maximum Gasteiger partial charge on any atom is 0.249 e. The number of nitrogens with one attached hydrogen (secondary N) is 1. The molecule has 5 heteroatoms. The Bertz CT molecular complexity index is 206. The number of primary amides is 1. The smallest absolute Gasteiger partial charge is 0.249 e. The molecule has 1 atom stereocenters. The Morgan fingerprint density at radius 1 is 1.69 bits per heavy atom. The molecule has 0 aromatic heterocycles. The Hall–Kier alpha value is -1.10. The topological polar surface area (TPSA) is 81.4 Å². The fraction of sp³-hybridized carbons (Fsp3) is 0.750. The van der Waals surface area contributed by atoms with Crippen LogP contribution < -0.4 is 11.1 Å². The van der Waals surface area contributed by atoms with E-state index in [2.05, 4.69) is 5.32 Å². The van der Waals surface area contributed by atoms with Crippen LogP contribution in [-0.4, -0.2) is 31.1 Å². The molecule has 13 heavy (non-hydrogen) atoms. The third-order valence-electron chi connectivity index (χ3n) is 1.88. The van der Waals surface area contributed by atoms with Gasteiger partial charge in [-0.15, -0.1) is 0 Å². The number of nitrogens with two attached hydrogens (primary N) is 1. The van der Waals surface area contributed by atoms with E-state index in [1.807, 2.05) is 0 Å². The van der Waals surface area contributed by atoms with E-state index in [0.29, 0.717) is 19.6 Å². The first-order valence-electron chi connectivity index (χ1n) is 4.38. The van der Waals surface area contributed by atoms with E-state index in [0.717, 1.165) is 6.42 Å². The molecule has 0 saturated carbocycles. The Morgan fingerprint density at radius 2 is 2.46 bits per heavy atom. The van der Waals surface area contributed by atoms with E-state index >= 15 is 0 Å². The molecule has 0 spiro atoms. The van der Waals surface area contributed by atoms with E-state index < -0.39 is 12.0 Å². The third-order valence-corrected chi connectivity index (χ3v) is 1.88. The van der Waals surface area contributed by atoms with Crippen LogP contribution in [0.4, 0.5) is 0 Å². The zero-order valence-electron chi connectivity index (χ0n) is 7.41. The van der Waals surface area contributed by atoms with Crippen LogP contribution in [0.5, 0.6) is 0 Å². The van der Waals surface area contributed by atoms with E-state index in [4.69, 9.17) is 10.5 Å². The van der Waals surface area contributed by atoms with Gasteiger partial charge in [0.15, 0.2) is 0 Å². The summed E-state index contributed by atoms with van der Waals surface area (Å²) in [5.41, 5.74) is 4.97. The van der Waals surface area contributed by atoms with Gasteiger partial charge in [-0.3, -0.25) is 9.59 Å². The van der Waals surface area contributed by atoms with Gasteiger partial charge in [-0.25, -0.2) is 0 Å². The number of hydrogen-bond acceptors (Lipinski definition) is 3. The van der Waals surface area contributed by atoms with Gasteiger partial charge in [-0.2, -0.15) is 0 Å². The number of ether oxygens (including phenoxy) is 1. The number of hydrogen-bond donors (Lipinski definition) is 2. The SMILES string of the molecule is NC(=O)CC[C@@H]1OCCCNC1=O. The zero-order chi connectivity index (χ0) is 9.68. The molecule has 5 nitrogen and oxygen atoms in total. The molecular formula is C8H14N2O3. The van der Waals surface area contributed by atoms with Gasteiger partial charge in [0.25, 0.3) is 0 Å². The number of amides is 2. The summed E-state index contributed by atoms with van der Waals surface area (Å²) in [6.07, 6.45) is 0.882. The third kappa shape index (κ3) is 3.42. The van der Waals surface area contributed by atoms with Gasteiger partial charge in [0.2, 0.25) is 11.8 Å². The first kappa shape index (κ1) is 9.98. The van der Waals surface area contributed by atoms with E-state index in [1.165, 1.54) is 0 Å². The quantitative estimate of drug-likeness (QED) is 0.602. The molecule has 2 amide bonds. The van der Waals surface area contributed by atoms with Crippen molar-refractivity contribution in [3.63, 3.8) is 0 Å². The first-order valence-corrected chi connectivity index (χ1v) is 4.38. The molecule has 1 heterocycles. The Balaban J connectivity index is 2.36. The van der Waals surface area contributed by atoms with Crippen molar-refractivity contribution in [2.45, 2.75) is 25.4 Å². The molecule has 74 valence electrons. The molecule has 1 rings (SSSR count). The average molecular weight is 186 g/mol. The van der Waals surface area contributed by atoms with Gasteiger partial charge >= 0.3 is 0 Å². The van der Waals surface area contributed by atoms with Crippen LogP contribution in [0.3, 0.4) is 0 Å². The van der Waals surface area contributed by atoms with Crippen molar-refractivity contribution in [3.8, 4) is 0 Å². The van der Waals surface area contributed by atoms with Crippen LogP contribution >= 0.6 is 0 Å². The lowest BCUT2D eigenvalue weighted by molar-refractivity contribution is -0.131. The summed E-state index contributed by atoms with van der Waals surface area (Å²) in [6, 6.07) is 0. The molecule has 1 aliphatic rings. The second-order valence-electron chi connectivity index (χ2n) is 3.01. The Morgan fingerprint density at radius 3 is 3.15 bits per heavy atom. The normalized spacial score (nSPS) is 23.4. The van der Waals surface area contributed by atoms with Crippen molar-refractivity contribution in [2.75, 3.05) is 13.2 Å². The summed E-state index contributed by atoms with van der Waals surface area (Å²) >= 11 is 0. The van der Waals surface area contributed by atoms with Crippen molar-refractivity contribution in [1.29, 1.82) is 0 Å². The second-order valence-corrected chi connectivity index (χ2v) is 3.01. The van der Waals surface area contributed by atoms with Crippen LogP contribution in [0.15, 0.2) is 0 Å². The molecule has 0 bridgehead atoms. The summed E-state index contributed by atoms with van der Waals surface area (Å²) in [5, 5.41) is 2.70. The predicted octanol–water partition coefficient (Wildman–Crippen LogP) is -0.843. The highest BCUT2D eigenvalue weighted by atomic mass is 16.5. The van der Waals surface area contributed by atoms with Gasteiger partial charge in [0, 0.05) is 19.6 Å². The minimum absolute atomic E-state index is 0.140. The van der Waals surface area contributed by atoms with E-state index in [-0.39, 0.29) is 12.3 Å². The highest BCUT2D eigenvalue weighted by Gasteiger charge is 2.21. The number of carbonyl (C=O) groups excluding carboxylic acids is 2. The molecule has 0 unspecified atom stereocenters.